The Balaban J connectivity index is 2.16. The Bertz CT molecular complexity index is 781. The zero-order valence-electron chi connectivity index (χ0n) is 12.2. The lowest BCUT2D eigenvalue weighted by molar-refractivity contribution is 0.885. The van der Waals surface area contributed by atoms with E-state index in [1.54, 1.807) is 0 Å². The molecule has 0 unspecified atom stereocenters. The molecule has 5 nitrogen and oxygen atoms in total. The highest BCUT2D eigenvalue weighted by molar-refractivity contribution is 5.80. The van der Waals surface area contributed by atoms with Gasteiger partial charge in [0.2, 0.25) is 5.95 Å². The number of nitrogens with zero attached hydrogens (tertiary/aromatic N) is 4. The average molecular weight is 279 g/mol. The highest BCUT2D eigenvalue weighted by atomic mass is 15.0. The van der Waals surface area contributed by atoms with Gasteiger partial charge in [0.05, 0.1) is 22.6 Å². The molecule has 0 saturated heterocycles. The number of hydrogen-bond acceptors (Lipinski definition) is 5. The van der Waals surface area contributed by atoms with E-state index in [-0.39, 0.29) is 0 Å². The van der Waals surface area contributed by atoms with Gasteiger partial charge in [0.1, 0.15) is 5.52 Å². The highest BCUT2D eigenvalue weighted by Gasteiger charge is 2.09. The number of rotatable bonds is 3. The van der Waals surface area contributed by atoms with Crippen LogP contribution in [0.5, 0.6) is 0 Å². The van der Waals surface area contributed by atoms with Crippen LogP contribution >= 0.6 is 0 Å². The monoisotopic (exact) mass is 279 g/mol. The van der Waals surface area contributed by atoms with Crippen LogP contribution in [0.15, 0.2) is 30.5 Å². The summed E-state index contributed by atoms with van der Waals surface area (Å²) in [5.41, 5.74) is 11.0. The van der Waals surface area contributed by atoms with Crippen molar-refractivity contribution in [2.45, 2.75) is 26.7 Å². The van der Waals surface area contributed by atoms with Gasteiger partial charge in [-0.05, 0) is 37.1 Å². The first kappa shape index (κ1) is 13.4. The molecule has 0 atom stereocenters. The van der Waals surface area contributed by atoms with Crippen LogP contribution in [0.2, 0.25) is 0 Å². The Hall–Kier alpha value is -2.56. The summed E-state index contributed by atoms with van der Waals surface area (Å²) in [6, 6.07) is 7.85. The van der Waals surface area contributed by atoms with Gasteiger partial charge in [0.25, 0.3) is 0 Å². The van der Waals surface area contributed by atoms with E-state index in [1.807, 2.05) is 37.4 Å². The van der Waals surface area contributed by atoms with Crippen molar-refractivity contribution in [1.82, 2.24) is 19.9 Å². The molecule has 2 N–H and O–H groups in total. The molecule has 106 valence electrons. The third-order valence-corrected chi connectivity index (χ3v) is 3.29. The van der Waals surface area contributed by atoms with Crippen molar-refractivity contribution >= 4 is 17.0 Å². The molecule has 0 aromatic carbocycles. The molecule has 3 rings (SSSR count). The maximum atomic E-state index is 5.76. The summed E-state index contributed by atoms with van der Waals surface area (Å²) < 4.78 is 0. The Morgan fingerprint density at radius 2 is 1.81 bits per heavy atom. The Kier molecular flexibility index (Phi) is 3.48. The van der Waals surface area contributed by atoms with Crippen LogP contribution in [0.25, 0.3) is 22.4 Å². The number of anilines is 1. The third kappa shape index (κ3) is 2.67. The first-order valence-electron chi connectivity index (χ1n) is 7.03. The molecule has 0 saturated carbocycles. The smallest absolute Gasteiger partial charge is 0.220 e. The molecule has 0 spiro atoms. The fourth-order valence-corrected chi connectivity index (χ4v) is 2.27. The quantitative estimate of drug-likeness (QED) is 0.797. The average Bonchev–Trinajstić information content (AvgIpc) is 2.48. The van der Waals surface area contributed by atoms with Crippen LogP contribution in [0.4, 0.5) is 5.95 Å². The lowest BCUT2D eigenvalue weighted by Gasteiger charge is -2.07. The summed E-state index contributed by atoms with van der Waals surface area (Å²) in [4.78, 5) is 17.7. The Morgan fingerprint density at radius 1 is 1.00 bits per heavy atom. The van der Waals surface area contributed by atoms with Crippen molar-refractivity contribution < 1.29 is 0 Å². The summed E-state index contributed by atoms with van der Waals surface area (Å²) in [6.07, 6.45) is 3.66. The lowest BCUT2D eigenvalue weighted by Crippen LogP contribution is -2.02. The van der Waals surface area contributed by atoms with Crippen molar-refractivity contribution in [3.63, 3.8) is 0 Å². The SMILES string of the molecule is CCCc1nc(N)nc2ccc(-c3ccc(C)cn3)nc12. The van der Waals surface area contributed by atoms with Crippen LogP contribution < -0.4 is 5.73 Å². The van der Waals surface area contributed by atoms with Gasteiger partial charge >= 0.3 is 0 Å². The summed E-state index contributed by atoms with van der Waals surface area (Å²) >= 11 is 0. The second-order valence-electron chi connectivity index (χ2n) is 5.06. The summed E-state index contributed by atoms with van der Waals surface area (Å²) in [5.74, 6) is 0.300. The van der Waals surface area contributed by atoms with Crippen LogP contribution in [0, 0.1) is 6.92 Å². The number of nitrogens with two attached hydrogens (primary N) is 1. The van der Waals surface area contributed by atoms with Gasteiger partial charge in [0.15, 0.2) is 0 Å². The largest absolute Gasteiger partial charge is 0.368 e. The second-order valence-corrected chi connectivity index (χ2v) is 5.06. The maximum absolute atomic E-state index is 5.76. The van der Waals surface area contributed by atoms with Gasteiger partial charge in [-0.3, -0.25) is 4.98 Å². The zero-order valence-corrected chi connectivity index (χ0v) is 12.2. The molecule has 5 heteroatoms. The van der Waals surface area contributed by atoms with E-state index in [1.165, 1.54) is 0 Å². The van der Waals surface area contributed by atoms with E-state index in [0.29, 0.717) is 5.95 Å². The van der Waals surface area contributed by atoms with Gasteiger partial charge in [-0.1, -0.05) is 19.4 Å². The van der Waals surface area contributed by atoms with E-state index >= 15 is 0 Å². The predicted octanol–water partition coefficient (Wildman–Crippen LogP) is 2.93. The maximum Gasteiger partial charge on any atom is 0.220 e. The summed E-state index contributed by atoms with van der Waals surface area (Å²) in [5, 5.41) is 0. The van der Waals surface area contributed by atoms with Crippen LogP contribution in [-0.2, 0) is 6.42 Å². The van der Waals surface area contributed by atoms with Gasteiger partial charge in [-0.15, -0.1) is 0 Å². The van der Waals surface area contributed by atoms with Gasteiger partial charge in [0, 0.05) is 6.20 Å². The van der Waals surface area contributed by atoms with Gasteiger partial charge in [-0.2, -0.15) is 0 Å². The van der Waals surface area contributed by atoms with E-state index in [2.05, 4.69) is 21.9 Å². The molecule has 0 bridgehead atoms. The van der Waals surface area contributed by atoms with Gasteiger partial charge in [-0.25, -0.2) is 15.0 Å². The third-order valence-electron chi connectivity index (χ3n) is 3.29. The molecule has 0 aliphatic carbocycles. The van der Waals surface area contributed by atoms with Crippen molar-refractivity contribution in [2.24, 2.45) is 0 Å². The Labute approximate surface area is 123 Å². The van der Waals surface area contributed by atoms with Crippen LogP contribution in [-0.4, -0.2) is 19.9 Å². The van der Waals surface area contributed by atoms with Crippen LogP contribution in [0.3, 0.4) is 0 Å². The minimum Gasteiger partial charge on any atom is -0.368 e. The van der Waals surface area contributed by atoms with Gasteiger partial charge < -0.3 is 5.73 Å². The van der Waals surface area contributed by atoms with E-state index in [4.69, 9.17) is 10.7 Å². The van der Waals surface area contributed by atoms with E-state index < -0.39 is 0 Å². The minimum atomic E-state index is 0.300. The number of aryl methyl sites for hydroxylation is 2. The van der Waals surface area contributed by atoms with Crippen molar-refractivity contribution in [3.05, 3.63) is 41.7 Å². The normalized spacial score (nSPS) is 11.0. The molecule has 0 aliphatic rings. The molecular weight excluding hydrogens is 262 g/mol. The van der Waals surface area contributed by atoms with E-state index in [9.17, 15) is 0 Å². The number of nitrogen functional groups attached to an aromatic ring is 1. The molecule has 21 heavy (non-hydrogen) atoms. The molecule has 3 aromatic heterocycles. The molecule has 0 amide bonds. The first-order valence-corrected chi connectivity index (χ1v) is 7.03. The molecule has 3 aromatic rings. The molecular formula is C16H17N5. The number of aromatic nitrogens is 4. The first-order chi connectivity index (χ1) is 10.2. The van der Waals surface area contributed by atoms with Crippen LogP contribution in [0.1, 0.15) is 24.6 Å². The van der Waals surface area contributed by atoms with Crippen molar-refractivity contribution in [2.75, 3.05) is 5.73 Å². The lowest BCUT2D eigenvalue weighted by atomic mass is 10.1. The Morgan fingerprint density at radius 3 is 2.52 bits per heavy atom. The predicted molar refractivity (Wildman–Crippen MR) is 83.7 cm³/mol. The molecule has 3 heterocycles. The fourth-order valence-electron chi connectivity index (χ4n) is 2.27. The van der Waals surface area contributed by atoms with Crippen molar-refractivity contribution in [1.29, 1.82) is 0 Å². The second kappa shape index (κ2) is 5.44. The standard InChI is InChI=1S/C16H17N5/c1-3-4-13-15-14(21-16(17)20-13)8-7-12(19-15)11-6-5-10(2)9-18-11/h5-9H,3-4H2,1-2H3,(H2,17,20,21). The fraction of sp³-hybridized carbons (Fsp3) is 0.250. The minimum absolute atomic E-state index is 0.300. The summed E-state index contributed by atoms with van der Waals surface area (Å²) in [7, 11) is 0. The summed E-state index contributed by atoms with van der Waals surface area (Å²) in [6.45, 7) is 4.12. The molecule has 0 radical (unpaired) electrons. The topological polar surface area (TPSA) is 77.6 Å². The molecule has 0 fully saturated rings. The van der Waals surface area contributed by atoms with E-state index in [0.717, 1.165) is 46.5 Å². The number of fused-ring (bicyclic) bond motifs is 1. The molecule has 0 aliphatic heterocycles. The number of hydrogen-bond donors (Lipinski definition) is 1. The zero-order chi connectivity index (χ0) is 14.8. The van der Waals surface area contributed by atoms with Crippen molar-refractivity contribution in [3.8, 4) is 11.4 Å². The number of pyridine rings is 2. The highest BCUT2D eigenvalue weighted by Crippen LogP contribution is 2.21.